The molecule has 0 fully saturated rings. The van der Waals surface area contributed by atoms with Gasteiger partial charge in [0.15, 0.2) is 0 Å². The highest BCUT2D eigenvalue weighted by atomic mass is 15.1. The highest BCUT2D eigenvalue weighted by Gasteiger charge is 2.12. The third-order valence-electron chi connectivity index (χ3n) is 3.25. The number of nitrogens with zero attached hydrogens (tertiary/aromatic N) is 1. The van der Waals surface area contributed by atoms with E-state index in [9.17, 15) is 0 Å². The topological polar surface area (TPSA) is 15.3 Å². The van der Waals surface area contributed by atoms with Gasteiger partial charge < -0.3 is 10.2 Å². The number of rotatable bonds is 7. The molecule has 0 spiro atoms. The van der Waals surface area contributed by atoms with Crippen LogP contribution in [0, 0.1) is 6.92 Å². The molecule has 0 aliphatic rings. The summed E-state index contributed by atoms with van der Waals surface area (Å²) in [6.45, 7) is 8.89. The van der Waals surface area contributed by atoms with Crippen LogP contribution in [0.5, 0.6) is 0 Å². The SMILES string of the molecule is CCN(c1cccc(C)c1)C(C)CCCNC. The standard InChI is InChI=1S/C15H26N2/c1-5-17(14(3)9-7-11-16-4)15-10-6-8-13(2)12-15/h6,8,10,12,14,16H,5,7,9,11H2,1-4H3. The lowest BCUT2D eigenvalue weighted by Gasteiger charge is -2.30. The van der Waals surface area contributed by atoms with Gasteiger partial charge in [0.1, 0.15) is 0 Å². The first kappa shape index (κ1) is 14.0. The molecule has 1 unspecified atom stereocenters. The largest absolute Gasteiger partial charge is 0.369 e. The van der Waals surface area contributed by atoms with Crippen molar-refractivity contribution in [2.45, 2.75) is 39.7 Å². The minimum Gasteiger partial charge on any atom is -0.369 e. The van der Waals surface area contributed by atoms with Gasteiger partial charge in [0, 0.05) is 18.3 Å². The van der Waals surface area contributed by atoms with Gasteiger partial charge >= 0.3 is 0 Å². The molecule has 2 heteroatoms. The van der Waals surface area contributed by atoms with E-state index in [2.05, 4.69) is 55.3 Å². The fourth-order valence-electron chi connectivity index (χ4n) is 2.29. The number of hydrogen-bond acceptors (Lipinski definition) is 2. The highest BCUT2D eigenvalue weighted by Crippen LogP contribution is 2.20. The summed E-state index contributed by atoms with van der Waals surface area (Å²) in [5.41, 5.74) is 2.69. The summed E-state index contributed by atoms with van der Waals surface area (Å²) in [5.74, 6) is 0. The van der Waals surface area contributed by atoms with E-state index in [0.717, 1.165) is 13.1 Å². The van der Waals surface area contributed by atoms with Crippen LogP contribution in [-0.2, 0) is 0 Å². The third kappa shape index (κ3) is 4.39. The lowest BCUT2D eigenvalue weighted by Crippen LogP contribution is -2.33. The van der Waals surface area contributed by atoms with Gasteiger partial charge in [0.05, 0.1) is 0 Å². The van der Waals surface area contributed by atoms with Gasteiger partial charge in [-0.3, -0.25) is 0 Å². The van der Waals surface area contributed by atoms with Crippen molar-refractivity contribution in [3.63, 3.8) is 0 Å². The smallest absolute Gasteiger partial charge is 0.0371 e. The maximum Gasteiger partial charge on any atom is 0.0371 e. The maximum atomic E-state index is 3.21. The van der Waals surface area contributed by atoms with Crippen molar-refractivity contribution in [3.05, 3.63) is 29.8 Å². The van der Waals surface area contributed by atoms with Crippen molar-refractivity contribution >= 4 is 5.69 Å². The summed E-state index contributed by atoms with van der Waals surface area (Å²) in [4.78, 5) is 2.49. The second kappa shape index (κ2) is 7.33. The van der Waals surface area contributed by atoms with E-state index in [0.29, 0.717) is 6.04 Å². The van der Waals surface area contributed by atoms with Gasteiger partial charge in [-0.15, -0.1) is 0 Å². The first-order chi connectivity index (χ1) is 8.19. The first-order valence-corrected chi connectivity index (χ1v) is 6.67. The molecule has 0 bridgehead atoms. The number of nitrogens with one attached hydrogen (secondary N) is 1. The Morgan fingerprint density at radius 1 is 1.35 bits per heavy atom. The van der Waals surface area contributed by atoms with Crippen molar-refractivity contribution < 1.29 is 0 Å². The summed E-state index contributed by atoms with van der Waals surface area (Å²) in [6, 6.07) is 9.40. The molecule has 0 amide bonds. The Morgan fingerprint density at radius 2 is 2.12 bits per heavy atom. The molecule has 0 heterocycles. The highest BCUT2D eigenvalue weighted by molar-refractivity contribution is 5.49. The Labute approximate surface area is 106 Å². The summed E-state index contributed by atoms with van der Waals surface area (Å²) < 4.78 is 0. The molecule has 1 aromatic rings. The van der Waals surface area contributed by atoms with Gasteiger partial charge in [0.25, 0.3) is 0 Å². The fourth-order valence-corrected chi connectivity index (χ4v) is 2.29. The molecule has 0 radical (unpaired) electrons. The van der Waals surface area contributed by atoms with Gasteiger partial charge in [0.2, 0.25) is 0 Å². The summed E-state index contributed by atoms with van der Waals surface area (Å²) in [6.07, 6.45) is 2.47. The summed E-state index contributed by atoms with van der Waals surface area (Å²) in [7, 11) is 2.02. The first-order valence-electron chi connectivity index (χ1n) is 6.67. The molecule has 1 N–H and O–H groups in total. The third-order valence-corrected chi connectivity index (χ3v) is 3.25. The van der Waals surface area contributed by atoms with Crippen LogP contribution in [0.3, 0.4) is 0 Å². The molecule has 1 atom stereocenters. The van der Waals surface area contributed by atoms with Crippen molar-refractivity contribution in [1.29, 1.82) is 0 Å². The quantitative estimate of drug-likeness (QED) is 0.729. The van der Waals surface area contributed by atoms with Crippen LogP contribution < -0.4 is 10.2 Å². The van der Waals surface area contributed by atoms with Crippen molar-refractivity contribution in [1.82, 2.24) is 5.32 Å². The predicted molar refractivity (Wildman–Crippen MR) is 76.8 cm³/mol. The number of benzene rings is 1. The Morgan fingerprint density at radius 3 is 2.71 bits per heavy atom. The van der Waals surface area contributed by atoms with Crippen LogP contribution in [-0.4, -0.2) is 26.2 Å². The van der Waals surface area contributed by atoms with Gasteiger partial charge in [-0.2, -0.15) is 0 Å². The van der Waals surface area contributed by atoms with Gasteiger partial charge in [-0.1, -0.05) is 12.1 Å². The van der Waals surface area contributed by atoms with Crippen LogP contribution in [0.2, 0.25) is 0 Å². The minimum absolute atomic E-state index is 0.607. The van der Waals surface area contributed by atoms with Crippen LogP contribution in [0.4, 0.5) is 5.69 Å². The summed E-state index contributed by atoms with van der Waals surface area (Å²) in [5, 5.41) is 3.21. The molecule has 96 valence electrons. The molecule has 1 rings (SSSR count). The minimum atomic E-state index is 0.607. The van der Waals surface area contributed by atoms with Crippen LogP contribution >= 0.6 is 0 Å². The zero-order valence-corrected chi connectivity index (χ0v) is 11.7. The van der Waals surface area contributed by atoms with E-state index >= 15 is 0 Å². The van der Waals surface area contributed by atoms with Crippen molar-refractivity contribution in [2.24, 2.45) is 0 Å². The molecule has 2 nitrogen and oxygen atoms in total. The predicted octanol–water partition coefficient (Wildman–Crippen LogP) is 3.21. The van der Waals surface area contributed by atoms with E-state index < -0.39 is 0 Å². The number of hydrogen-bond donors (Lipinski definition) is 1. The Hall–Kier alpha value is -1.02. The lowest BCUT2D eigenvalue weighted by molar-refractivity contribution is 0.560. The Kier molecular flexibility index (Phi) is 6.06. The molecular weight excluding hydrogens is 208 g/mol. The molecule has 1 aromatic carbocycles. The van der Waals surface area contributed by atoms with Gasteiger partial charge in [-0.25, -0.2) is 0 Å². The number of aryl methyl sites for hydroxylation is 1. The zero-order valence-electron chi connectivity index (χ0n) is 11.7. The number of anilines is 1. The molecule has 0 aliphatic heterocycles. The van der Waals surface area contributed by atoms with Crippen molar-refractivity contribution in [3.8, 4) is 0 Å². The van der Waals surface area contributed by atoms with E-state index in [1.54, 1.807) is 0 Å². The van der Waals surface area contributed by atoms with E-state index in [-0.39, 0.29) is 0 Å². The average Bonchev–Trinajstić information content (AvgIpc) is 2.30. The Bertz CT molecular complexity index is 322. The lowest BCUT2D eigenvalue weighted by atomic mass is 10.1. The van der Waals surface area contributed by atoms with Crippen LogP contribution in [0.1, 0.15) is 32.3 Å². The molecule has 0 saturated carbocycles. The average molecular weight is 234 g/mol. The molecule has 0 saturated heterocycles. The van der Waals surface area contributed by atoms with Gasteiger partial charge in [-0.05, 0) is 64.9 Å². The van der Waals surface area contributed by atoms with Crippen molar-refractivity contribution in [2.75, 3.05) is 25.0 Å². The normalized spacial score (nSPS) is 12.5. The fraction of sp³-hybridized carbons (Fsp3) is 0.600. The molecule has 0 aromatic heterocycles. The van der Waals surface area contributed by atoms with E-state index in [4.69, 9.17) is 0 Å². The Balaban J connectivity index is 2.63. The molecule has 17 heavy (non-hydrogen) atoms. The van der Waals surface area contributed by atoms with E-state index in [1.165, 1.54) is 24.1 Å². The zero-order chi connectivity index (χ0) is 12.7. The second-order valence-electron chi connectivity index (χ2n) is 4.72. The summed E-state index contributed by atoms with van der Waals surface area (Å²) >= 11 is 0. The van der Waals surface area contributed by atoms with Crippen LogP contribution in [0.25, 0.3) is 0 Å². The second-order valence-corrected chi connectivity index (χ2v) is 4.72. The molecular formula is C15H26N2. The molecule has 0 aliphatic carbocycles. The maximum absolute atomic E-state index is 3.21. The monoisotopic (exact) mass is 234 g/mol. The van der Waals surface area contributed by atoms with Crippen LogP contribution in [0.15, 0.2) is 24.3 Å². The van der Waals surface area contributed by atoms with E-state index in [1.807, 2.05) is 7.05 Å².